The highest BCUT2D eigenvalue weighted by Gasteiger charge is 2.19. The first-order chi connectivity index (χ1) is 6.29. The molecule has 0 fully saturated rings. The van der Waals surface area contributed by atoms with Crippen LogP contribution < -0.4 is 0 Å². The van der Waals surface area contributed by atoms with E-state index in [1.54, 1.807) is 7.05 Å². The maximum Gasteiger partial charge on any atom is 0.120 e. The Morgan fingerprint density at radius 3 is 3.00 bits per heavy atom. The number of ether oxygens (including phenoxy) is 1. The fourth-order valence-electron chi connectivity index (χ4n) is 1.46. The molecule has 1 unspecified atom stereocenters. The third-order valence-electron chi connectivity index (χ3n) is 2.15. The van der Waals surface area contributed by atoms with Crippen molar-refractivity contribution in [1.29, 1.82) is 0 Å². The van der Waals surface area contributed by atoms with Crippen molar-refractivity contribution in [3.05, 3.63) is 23.5 Å². The summed E-state index contributed by atoms with van der Waals surface area (Å²) in [5.41, 5.74) is 2.59. The summed E-state index contributed by atoms with van der Waals surface area (Å²) < 4.78 is 5.44. The molecule has 1 rings (SSSR count). The molecule has 0 amide bonds. The quantitative estimate of drug-likeness (QED) is 0.610. The van der Waals surface area contributed by atoms with Crippen molar-refractivity contribution < 1.29 is 4.74 Å². The van der Waals surface area contributed by atoms with Gasteiger partial charge in [0.1, 0.15) is 6.10 Å². The van der Waals surface area contributed by atoms with Gasteiger partial charge in [-0.25, -0.2) is 0 Å². The molecule has 0 aromatic carbocycles. The minimum Gasteiger partial charge on any atom is -0.493 e. The molecule has 0 spiro atoms. The molecule has 1 heterocycles. The van der Waals surface area contributed by atoms with E-state index in [4.69, 9.17) is 4.74 Å². The van der Waals surface area contributed by atoms with Crippen LogP contribution in [0.15, 0.2) is 28.5 Å². The van der Waals surface area contributed by atoms with Crippen LogP contribution in [0.1, 0.15) is 26.7 Å². The van der Waals surface area contributed by atoms with Crippen molar-refractivity contribution in [2.75, 3.05) is 7.05 Å². The van der Waals surface area contributed by atoms with Crippen LogP contribution in [0, 0.1) is 0 Å². The second-order valence-corrected chi connectivity index (χ2v) is 3.20. The highest BCUT2D eigenvalue weighted by Crippen LogP contribution is 2.27. The lowest BCUT2D eigenvalue weighted by Gasteiger charge is -2.06. The molecule has 2 nitrogen and oxygen atoms in total. The molecule has 0 bridgehead atoms. The number of rotatable bonds is 3. The highest BCUT2D eigenvalue weighted by molar-refractivity contribution is 5.74. The summed E-state index contributed by atoms with van der Waals surface area (Å²) in [5.74, 6) is 0. The fraction of sp³-hybridized carbons (Fsp3) is 0.545. The standard InChI is InChI=1S/C11H17NO/c1-4-5-10-8-13-9(2)11(10)6-7-12-3/h6-9H,4-5H2,1-3H3/b11-6+,12-7?. The van der Waals surface area contributed by atoms with Gasteiger partial charge in [0.15, 0.2) is 0 Å². The maximum atomic E-state index is 5.44. The first kappa shape index (κ1) is 10.0. The second kappa shape index (κ2) is 4.85. The number of nitrogens with zero attached hydrogens (tertiary/aromatic N) is 1. The van der Waals surface area contributed by atoms with Crippen molar-refractivity contribution in [2.45, 2.75) is 32.8 Å². The second-order valence-electron chi connectivity index (χ2n) is 3.20. The minimum absolute atomic E-state index is 0.194. The summed E-state index contributed by atoms with van der Waals surface area (Å²) in [7, 11) is 1.78. The lowest BCUT2D eigenvalue weighted by atomic mass is 10.0. The molecule has 0 aromatic heterocycles. The first-order valence-corrected chi connectivity index (χ1v) is 4.76. The van der Waals surface area contributed by atoms with Gasteiger partial charge in [-0.3, -0.25) is 4.99 Å². The largest absolute Gasteiger partial charge is 0.493 e. The average Bonchev–Trinajstić information content (AvgIpc) is 2.45. The predicted octanol–water partition coefficient (Wildman–Crippen LogP) is 2.72. The van der Waals surface area contributed by atoms with Crippen molar-refractivity contribution in [3.63, 3.8) is 0 Å². The van der Waals surface area contributed by atoms with Gasteiger partial charge in [0, 0.05) is 13.3 Å². The molecule has 0 aromatic rings. The summed E-state index contributed by atoms with van der Waals surface area (Å²) in [5, 5.41) is 0. The zero-order valence-electron chi connectivity index (χ0n) is 8.58. The van der Waals surface area contributed by atoms with Gasteiger partial charge in [-0.1, -0.05) is 13.3 Å². The molecular weight excluding hydrogens is 162 g/mol. The van der Waals surface area contributed by atoms with Gasteiger partial charge in [0.2, 0.25) is 0 Å². The first-order valence-electron chi connectivity index (χ1n) is 4.76. The van der Waals surface area contributed by atoms with Crippen LogP contribution in [-0.4, -0.2) is 19.4 Å². The van der Waals surface area contributed by atoms with Crippen molar-refractivity contribution in [3.8, 4) is 0 Å². The van der Waals surface area contributed by atoms with E-state index in [9.17, 15) is 0 Å². The van der Waals surface area contributed by atoms with Crippen molar-refractivity contribution in [2.24, 2.45) is 4.99 Å². The Bertz CT molecular complexity index is 251. The van der Waals surface area contributed by atoms with Crippen LogP contribution in [0.25, 0.3) is 0 Å². The zero-order valence-corrected chi connectivity index (χ0v) is 8.58. The summed E-state index contributed by atoms with van der Waals surface area (Å²) in [6.07, 6.45) is 8.18. The van der Waals surface area contributed by atoms with Gasteiger partial charge in [-0.05, 0) is 30.6 Å². The van der Waals surface area contributed by atoms with Crippen LogP contribution in [0.2, 0.25) is 0 Å². The Morgan fingerprint density at radius 2 is 2.38 bits per heavy atom. The Morgan fingerprint density at radius 1 is 1.62 bits per heavy atom. The van der Waals surface area contributed by atoms with Crippen LogP contribution >= 0.6 is 0 Å². The topological polar surface area (TPSA) is 21.6 Å². The van der Waals surface area contributed by atoms with Gasteiger partial charge in [-0.15, -0.1) is 0 Å². The number of hydrogen-bond acceptors (Lipinski definition) is 2. The Balaban J connectivity index is 2.73. The minimum atomic E-state index is 0.194. The van der Waals surface area contributed by atoms with E-state index in [1.165, 1.54) is 11.1 Å². The van der Waals surface area contributed by atoms with Crippen LogP contribution in [0.3, 0.4) is 0 Å². The van der Waals surface area contributed by atoms with E-state index < -0.39 is 0 Å². The predicted molar refractivity (Wildman–Crippen MR) is 56.0 cm³/mol. The molecule has 0 saturated carbocycles. The van der Waals surface area contributed by atoms with Gasteiger partial charge in [0.25, 0.3) is 0 Å². The normalized spacial score (nSPS) is 25.3. The molecule has 0 saturated heterocycles. The van der Waals surface area contributed by atoms with Gasteiger partial charge in [-0.2, -0.15) is 0 Å². The molecule has 0 N–H and O–H groups in total. The number of hydrogen-bond donors (Lipinski definition) is 0. The molecule has 1 aliphatic rings. The number of allylic oxidation sites excluding steroid dienone is 1. The summed E-state index contributed by atoms with van der Waals surface area (Å²) in [4.78, 5) is 3.94. The zero-order chi connectivity index (χ0) is 9.68. The highest BCUT2D eigenvalue weighted by atomic mass is 16.5. The van der Waals surface area contributed by atoms with Crippen molar-refractivity contribution in [1.82, 2.24) is 0 Å². The molecule has 72 valence electrons. The van der Waals surface area contributed by atoms with Crippen LogP contribution in [0.5, 0.6) is 0 Å². The van der Waals surface area contributed by atoms with Gasteiger partial charge < -0.3 is 4.74 Å². The maximum absolute atomic E-state index is 5.44. The lowest BCUT2D eigenvalue weighted by molar-refractivity contribution is 0.214. The summed E-state index contributed by atoms with van der Waals surface area (Å²) in [6, 6.07) is 0. The molecule has 2 heteroatoms. The SMILES string of the molecule is CCCC1=COC(C)/C1=C\C=NC. The van der Waals surface area contributed by atoms with E-state index >= 15 is 0 Å². The van der Waals surface area contributed by atoms with Gasteiger partial charge >= 0.3 is 0 Å². The average molecular weight is 179 g/mol. The van der Waals surface area contributed by atoms with Crippen LogP contribution in [-0.2, 0) is 4.74 Å². The van der Waals surface area contributed by atoms with E-state index in [0.717, 1.165) is 12.8 Å². The Labute approximate surface area is 80.0 Å². The van der Waals surface area contributed by atoms with E-state index in [-0.39, 0.29) is 6.10 Å². The Hall–Kier alpha value is -1.05. The van der Waals surface area contributed by atoms with E-state index in [1.807, 2.05) is 18.6 Å². The van der Waals surface area contributed by atoms with Gasteiger partial charge in [0.05, 0.1) is 6.26 Å². The van der Waals surface area contributed by atoms with Crippen LogP contribution in [0.4, 0.5) is 0 Å². The Kier molecular flexibility index (Phi) is 3.74. The summed E-state index contributed by atoms with van der Waals surface area (Å²) >= 11 is 0. The lowest BCUT2D eigenvalue weighted by Crippen LogP contribution is -2.02. The third-order valence-corrected chi connectivity index (χ3v) is 2.15. The summed E-state index contributed by atoms with van der Waals surface area (Å²) in [6.45, 7) is 4.24. The third kappa shape index (κ3) is 2.44. The van der Waals surface area contributed by atoms with Crippen molar-refractivity contribution >= 4 is 6.21 Å². The monoisotopic (exact) mass is 179 g/mol. The molecular formula is C11H17NO. The smallest absolute Gasteiger partial charge is 0.120 e. The number of aliphatic imine (C=N–C) groups is 1. The molecule has 0 aliphatic carbocycles. The molecule has 1 aliphatic heterocycles. The fourth-order valence-corrected chi connectivity index (χ4v) is 1.46. The molecule has 13 heavy (non-hydrogen) atoms. The van der Waals surface area contributed by atoms with E-state index in [0.29, 0.717) is 0 Å². The molecule has 0 radical (unpaired) electrons. The van der Waals surface area contributed by atoms with E-state index in [2.05, 4.69) is 18.8 Å². The molecule has 1 atom stereocenters.